The van der Waals surface area contributed by atoms with Crippen molar-refractivity contribution in [1.82, 2.24) is 15.6 Å². The van der Waals surface area contributed by atoms with Gasteiger partial charge in [0.05, 0.1) is 30.0 Å². The van der Waals surface area contributed by atoms with Crippen LogP contribution in [0.3, 0.4) is 0 Å². The van der Waals surface area contributed by atoms with Crippen LogP contribution in [0.1, 0.15) is 37.8 Å². The highest BCUT2D eigenvalue weighted by Gasteiger charge is 2.28. The normalized spacial score (nSPS) is 13.2. The first-order chi connectivity index (χ1) is 23.6. The predicted octanol–water partition coefficient (Wildman–Crippen LogP) is 4.21. The number of nitrogens with one attached hydrogen (secondary N) is 3. The van der Waals surface area contributed by atoms with E-state index in [4.69, 9.17) is 20.2 Å². The molecule has 0 saturated carbocycles. The SMILES string of the molecule is Cc1ccc2nc(-c3ccc(NC(=O)COCCOCCNC(=O)[C@H](CCC(C)C)NC(=O)[C@@H](O)[C@H](N)Cc4ccccc4)cc3)sc2c1. The van der Waals surface area contributed by atoms with Gasteiger partial charge in [-0.2, -0.15) is 0 Å². The van der Waals surface area contributed by atoms with E-state index in [0.717, 1.165) is 26.4 Å². The molecule has 4 aromatic rings. The Morgan fingerprint density at radius 3 is 2.39 bits per heavy atom. The summed E-state index contributed by atoms with van der Waals surface area (Å²) in [6, 6.07) is 21.5. The largest absolute Gasteiger partial charge is 0.382 e. The van der Waals surface area contributed by atoms with Crippen LogP contribution in [-0.4, -0.2) is 79.0 Å². The van der Waals surface area contributed by atoms with Crippen LogP contribution in [0.25, 0.3) is 20.8 Å². The van der Waals surface area contributed by atoms with Gasteiger partial charge in [0.25, 0.3) is 5.91 Å². The average Bonchev–Trinajstić information content (AvgIpc) is 3.51. The van der Waals surface area contributed by atoms with Crippen molar-refractivity contribution in [2.24, 2.45) is 11.7 Å². The van der Waals surface area contributed by atoms with E-state index >= 15 is 0 Å². The second kappa shape index (κ2) is 19.1. The first-order valence-corrected chi connectivity index (χ1v) is 17.4. The highest BCUT2D eigenvalue weighted by molar-refractivity contribution is 7.21. The highest BCUT2D eigenvalue weighted by atomic mass is 32.1. The third-order valence-corrected chi connectivity index (χ3v) is 8.83. The lowest BCUT2D eigenvalue weighted by Crippen LogP contribution is -2.54. The van der Waals surface area contributed by atoms with Crippen LogP contribution in [0, 0.1) is 12.8 Å². The Labute approximate surface area is 291 Å². The number of benzene rings is 3. The van der Waals surface area contributed by atoms with E-state index in [2.05, 4.69) is 28.9 Å². The van der Waals surface area contributed by atoms with E-state index in [0.29, 0.717) is 30.9 Å². The standard InChI is InChI=1S/C37H47N5O6S/c1-24(2)9-15-31(41-36(46)34(44)29(38)22-26-7-5-4-6-8-26)35(45)39-17-18-47-19-20-48-23-33(43)40-28-13-11-27(12-14-28)37-42-30-16-10-25(3)21-32(30)49-37/h4-8,10-14,16,21,24,29,31,34,44H,9,15,17-20,22-23,38H2,1-3H3,(H,39,45)(H,40,43)(H,41,46)/t29-,31+,34+/m1/s1. The smallest absolute Gasteiger partial charge is 0.251 e. The predicted molar refractivity (Wildman–Crippen MR) is 193 cm³/mol. The second-order valence-electron chi connectivity index (χ2n) is 12.4. The number of anilines is 1. The molecule has 3 amide bonds. The van der Waals surface area contributed by atoms with Gasteiger partial charge in [0.1, 0.15) is 23.8 Å². The number of aryl methyl sites for hydroxylation is 1. The molecular formula is C37H47N5O6S. The van der Waals surface area contributed by atoms with Crippen LogP contribution < -0.4 is 21.7 Å². The van der Waals surface area contributed by atoms with E-state index in [1.807, 2.05) is 80.6 Å². The van der Waals surface area contributed by atoms with Crippen molar-refractivity contribution in [1.29, 1.82) is 0 Å². The summed E-state index contributed by atoms with van der Waals surface area (Å²) in [5.41, 5.74) is 10.8. The van der Waals surface area contributed by atoms with E-state index in [9.17, 15) is 19.5 Å². The number of rotatable bonds is 19. The van der Waals surface area contributed by atoms with Crippen molar-refractivity contribution in [3.05, 3.63) is 83.9 Å². The van der Waals surface area contributed by atoms with E-state index in [1.54, 1.807) is 11.3 Å². The van der Waals surface area contributed by atoms with Crippen LogP contribution in [0.15, 0.2) is 72.8 Å². The lowest BCUT2D eigenvalue weighted by Gasteiger charge is -2.23. The van der Waals surface area contributed by atoms with Gasteiger partial charge in [0, 0.05) is 23.8 Å². The number of hydrogen-bond acceptors (Lipinski definition) is 9. The molecule has 1 aromatic heterocycles. The molecule has 4 rings (SSSR count). The molecule has 0 bridgehead atoms. The number of amides is 3. The molecule has 0 aliphatic carbocycles. The van der Waals surface area contributed by atoms with Crippen molar-refractivity contribution >= 4 is 45.0 Å². The molecule has 0 unspecified atom stereocenters. The number of ether oxygens (including phenoxy) is 2. The zero-order chi connectivity index (χ0) is 35.2. The zero-order valence-corrected chi connectivity index (χ0v) is 29.1. The van der Waals surface area contributed by atoms with E-state index in [1.165, 1.54) is 5.56 Å². The first kappa shape index (κ1) is 37.6. The number of carbonyl (C=O) groups is 3. The maximum Gasteiger partial charge on any atom is 0.251 e. The van der Waals surface area contributed by atoms with Gasteiger partial charge in [-0.3, -0.25) is 14.4 Å². The Hall–Kier alpha value is -4.20. The Morgan fingerprint density at radius 1 is 0.918 bits per heavy atom. The number of thiazole rings is 1. The molecule has 0 saturated heterocycles. The van der Waals surface area contributed by atoms with Crippen LogP contribution in [0.2, 0.25) is 0 Å². The fourth-order valence-electron chi connectivity index (χ4n) is 5.02. The monoisotopic (exact) mass is 689 g/mol. The Bertz CT molecular complexity index is 1650. The van der Waals surface area contributed by atoms with Gasteiger partial charge in [0.15, 0.2) is 0 Å². The Balaban J connectivity index is 1.10. The summed E-state index contributed by atoms with van der Waals surface area (Å²) in [5, 5.41) is 19.7. The van der Waals surface area contributed by atoms with Crippen molar-refractivity contribution in [2.45, 2.75) is 58.2 Å². The van der Waals surface area contributed by atoms with Gasteiger partial charge >= 0.3 is 0 Å². The van der Waals surface area contributed by atoms with Crippen molar-refractivity contribution in [3.8, 4) is 10.6 Å². The lowest BCUT2D eigenvalue weighted by atomic mass is 10.00. The minimum absolute atomic E-state index is 0.128. The third kappa shape index (κ3) is 12.3. The van der Waals surface area contributed by atoms with Gasteiger partial charge in [-0.25, -0.2) is 4.98 Å². The summed E-state index contributed by atoms with van der Waals surface area (Å²) in [4.78, 5) is 42.7. The summed E-state index contributed by atoms with van der Waals surface area (Å²) in [6.07, 6.45) is -0.00878. The number of nitrogens with two attached hydrogens (primary N) is 1. The number of hydrogen-bond donors (Lipinski definition) is 5. The number of aromatic nitrogens is 1. The summed E-state index contributed by atoms with van der Waals surface area (Å²) in [5.74, 6) is -1.00. The quantitative estimate of drug-likeness (QED) is 0.0914. The summed E-state index contributed by atoms with van der Waals surface area (Å²) >= 11 is 1.64. The number of aliphatic hydroxyl groups excluding tert-OH is 1. The molecule has 3 atom stereocenters. The van der Waals surface area contributed by atoms with Gasteiger partial charge in [-0.1, -0.05) is 50.2 Å². The van der Waals surface area contributed by atoms with Crippen LogP contribution in [0.5, 0.6) is 0 Å². The molecule has 3 aromatic carbocycles. The molecule has 0 fully saturated rings. The highest BCUT2D eigenvalue weighted by Crippen LogP contribution is 2.31. The topological polar surface area (TPSA) is 165 Å². The van der Waals surface area contributed by atoms with Gasteiger partial charge < -0.3 is 36.3 Å². The summed E-state index contributed by atoms with van der Waals surface area (Å²) < 4.78 is 12.1. The molecule has 1 heterocycles. The maximum absolute atomic E-state index is 12.9. The average molecular weight is 690 g/mol. The van der Waals surface area contributed by atoms with Crippen LogP contribution in [0.4, 0.5) is 5.69 Å². The van der Waals surface area contributed by atoms with Crippen molar-refractivity contribution < 1.29 is 29.0 Å². The van der Waals surface area contributed by atoms with E-state index < -0.39 is 24.1 Å². The molecule has 0 radical (unpaired) electrons. The Kier molecular flexibility index (Phi) is 14.7. The fraction of sp³-hybridized carbons (Fsp3) is 0.405. The second-order valence-corrected chi connectivity index (χ2v) is 13.4. The van der Waals surface area contributed by atoms with E-state index in [-0.39, 0.29) is 44.8 Å². The molecule has 0 spiro atoms. The van der Waals surface area contributed by atoms with Crippen LogP contribution >= 0.6 is 11.3 Å². The van der Waals surface area contributed by atoms with Crippen molar-refractivity contribution in [2.75, 3.05) is 38.3 Å². The Morgan fingerprint density at radius 2 is 1.65 bits per heavy atom. The lowest BCUT2D eigenvalue weighted by molar-refractivity contribution is -0.135. The molecule has 11 nitrogen and oxygen atoms in total. The number of aliphatic hydroxyl groups is 1. The zero-order valence-electron chi connectivity index (χ0n) is 28.3. The van der Waals surface area contributed by atoms with Gasteiger partial charge in [-0.15, -0.1) is 11.3 Å². The molecule has 6 N–H and O–H groups in total. The number of fused-ring (bicyclic) bond motifs is 1. The number of nitrogens with zero attached hydrogens (tertiary/aromatic N) is 1. The van der Waals surface area contributed by atoms with Gasteiger partial charge in [-0.05, 0) is 79.6 Å². The fourth-order valence-corrected chi connectivity index (χ4v) is 6.09. The van der Waals surface area contributed by atoms with Gasteiger partial charge in [0.2, 0.25) is 11.8 Å². The third-order valence-electron chi connectivity index (χ3n) is 7.76. The molecule has 12 heteroatoms. The molecule has 262 valence electrons. The van der Waals surface area contributed by atoms with Crippen molar-refractivity contribution in [3.63, 3.8) is 0 Å². The minimum Gasteiger partial charge on any atom is -0.382 e. The summed E-state index contributed by atoms with van der Waals surface area (Å²) in [6.45, 7) is 6.87. The maximum atomic E-state index is 12.9. The summed E-state index contributed by atoms with van der Waals surface area (Å²) in [7, 11) is 0. The first-order valence-electron chi connectivity index (χ1n) is 16.6. The minimum atomic E-state index is -1.46. The molecular weight excluding hydrogens is 643 g/mol. The molecule has 0 aliphatic rings. The number of carbonyl (C=O) groups excluding carboxylic acids is 3. The molecule has 0 aliphatic heterocycles. The molecule has 49 heavy (non-hydrogen) atoms. The van der Waals surface area contributed by atoms with Crippen LogP contribution in [-0.2, 0) is 30.3 Å².